The third-order valence-electron chi connectivity index (χ3n) is 1.73. The Balaban J connectivity index is 3.00. The summed E-state index contributed by atoms with van der Waals surface area (Å²) in [4.78, 5) is 0. The van der Waals surface area contributed by atoms with E-state index < -0.39 is 6.10 Å². The molecule has 1 atom stereocenters. The lowest BCUT2D eigenvalue weighted by molar-refractivity contribution is 0.180. The van der Waals surface area contributed by atoms with Crippen LogP contribution in [0.3, 0.4) is 0 Å². The maximum absolute atomic E-state index is 13.0. The van der Waals surface area contributed by atoms with E-state index in [1.165, 1.54) is 6.07 Å². The van der Waals surface area contributed by atoms with Crippen LogP contribution in [-0.4, -0.2) is 5.11 Å². The predicted molar refractivity (Wildman–Crippen MR) is 53.9 cm³/mol. The van der Waals surface area contributed by atoms with E-state index in [1.54, 1.807) is 18.2 Å². The largest absolute Gasteiger partial charge is 0.388 e. The van der Waals surface area contributed by atoms with Gasteiger partial charge < -0.3 is 5.11 Å². The summed E-state index contributed by atoms with van der Waals surface area (Å²) in [6, 6.07) is 4.59. The first-order valence-electron chi connectivity index (χ1n) is 3.89. The van der Waals surface area contributed by atoms with Gasteiger partial charge in [-0.25, -0.2) is 4.39 Å². The van der Waals surface area contributed by atoms with Crippen molar-refractivity contribution < 1.29 is 9.50 Å². The molecule has 1 N–H and O–H groups in total. The van der Waals surface area contributed by atoms with E-state index in [4.69, 9.17) is 0 Å². The first kappa shape index (κ1) is 10.4. The SMILES string of the molecule is C=CCC(O)c1cccc(F)c1Br. The summed E-state index contributed by atoms with van der Waals surface area (Å²) in [7, 11) is 0. The van der Waals surface area contributed by atoms with E-state index in [-0.39, 0.29) is 5.82 Å². The van der Waals surface area contributed by atoms with Crippen molar-refractivity contribution in [1.82, 2.24) is 0 Å². The van der Waals surface area contributed by atoms with Crippen LogP contribution in [0.15, 0.2) is 35.3 Å². The Morgan fingerprint density at radius 2 is 2.31 bits per heavy atom. The van der Waals surface area contributed by atoms with E-state index in [2.05, 4.69) is 22.5 Å². The molecular formula is C10H10BrFO. The van der Waals surface area contributed by atoms with Crippen LogP contribution >= 0.6 is 15.9 Å². The van der Waals surface area contributed by atoms with Gasteiger partial charge in [-0.15, -0.1) is 6.58 Å². The first-order chi connectivity index (χ1) is 6.16. The molecule has 0 bridgehead atoms. The Morgan fingerprint density at radius 1 is 1.62 bits per heavy atom. The second-order valence-corrected chi connectivity index (χ2v) is 3.48. The molecule has 0 amide bonds. The summed E-state index contributed by atoms with van der Waals surface area (Å²) in [5, 5.41) is 9.56. The maximum atomic E-state index is 13.0. The molecule has 0 radical (unpaired) electrons. The zero-order chi connectivity index (χ0) is 9.84. The number of hydrogen-bond acceptors (Lipinski definition) is 1. The van der Waals surface area contributed by atoms with Gasteiger partial charge in [0.25, 0.3) is 0 Å². The van der Waals surface area contributed by atoms with Gasteiger partial charge in [0.2, 0.25) is 0 Å². The molecule has 0 aromatic heterocycles. The molecule has 13 heavy (non-hydrogen) atoms. The van der Waals surface area contributed by atoms with Gasteiger partial charge in [0, 0.05) is 0 Å². The van der Waals surface area contributed by atoms with Gasteiger partial charge in [-0.2, -0.15) is 0 Å². The minimum atomic E-state index is -0.692. The number of aliphatic hydroxyl groups excluding tert-OH is 1. The molecule has 0 saturated heterocycles. The fraction of sp³-hybridized carbons (Fsp3) is 0.200. The summed E-state index contributed by atoms with van der Waals surface area (Å²) in [5.41, 5.74) is 0.555. The third kappa shape index (κ3) is 2.39. The van der Waals surface area contributed by atoms with Crippen LogP contribution in [0.2, 0.25) is 0 Å². The van der Waals surface area contributed by atoms with Crippen molar-refractivity contribution in [2.45, 2.75) is 12.5 Å². The van der Waals surface area contributed by atoms with Crippen LogP contribution in [-0.2, 0) is 0 Å². The smallest absolute Gasteiger partial charge is 0.137 e. The van der Waals surface area contributed by atoms with Crippen molar-refractivity contribution in [2.75, 3.05) is 0 Å². The Labute approximate surface area is 85.0 Å². The lowest BCUT2D eigenvalue weighted by atomic mass is 10.1. The highest BCUT2D eigenvalue weighted by Crippen LogP contribution is 2.27. The average molecular weight is 245 g/mol. The Hall–Kier alpha value is -0.670. The average Bonchev–Trinajstić information content (AvgIpc) is 2.10. The molecule has 0 aliphatic rings. The summed E-state index contributed by atoms with van der Waals surface area (Å²) >= 11 is 3.08. The molecule has 1 aromatic carbocycles. The molecular weight excluding hydrogens is 235 g/mol. The van der Waals surface area contributed by atoms with Crippen molar-refractivity contribution in [3.63, 3.8) is 0 Å². The quantitative estimate of drug-likeness (QED) is 0.810. The zero-order valence-electron chi connectivity index (χ0n) is 7.00. The lowest BCUT2D eigenvalue weighted by Gasteiger charge is -2.10. The standard InChI is InChI=1S/C10H10BrFO/c1-2-4-9(13)7-5-3-6-8(12)10(7)11/h2-3,5-6,9,13H,1,4H2. The van der Waals surface area contributed by atoms with Gasteiger partial charge in [-0.1, -0.05) is 18.2 Å². The number of aliphatic hydroxyl groups is 1. The molecule has 1 nitrogen and oxygen atoms in total. The van der Waals surface area contributed by atoms with E-state index in [0.29, 0.717) is 16.5 Å². The van der Waals surface area contributed by atoms with Gasteiger partial charge in [0.1, 0.15) is 5.82 Å². The first-order valence-corrected chi connectivity index (χ1v) is 4.69. The van der Waals surface area contributed by atoms with E-state index >= 15 is 0 Å². The normalized spacial score (nSPS) is 12.5. The monoisotopic (exact) mass is 244 g/mol. The Kier molecular flexibility index (Phi) is 3.63. The summed E-state index contributed by atoms with van der Waals surface area (Å²) < 4.78 is 13.3. The third-order valence-corrected chi connectivity index (χ3v) is 2.57. The number of rotatable bonds is 3. The molecule has 1 rings (SSSR count). The minimum absolute atomic E-state index is 0.323. The van der Waals surface area contributed by atoms with Gasteiger partial charge in [-0.3, -0.25) is 0 Å². The summed E-state index contributed by atoms with van der Waals surface area (Å²) in [5.74, 6) is -0.361. The summed E-state index contributed by atoms with van der Waals surface area (Å²) in [6.07, 6.45) is 1.33. The van der Waals surface area contributed by atoms with Gasteiger partial charge in [0.05, 0.1) is 10.6 Å². The van der Waals surface area contributed by atoms with Crippen LogP contribution in [0.25, 0.3) is 0 Å². The second-order valence-electron chi connectivity index (χ2n) is 2.68. The topological polar surface area (TPSA) is 20.2 Å². The van der Waals surface area contributed by atoms with Crippen molar-refractivity contribution in [2.24, 2.45) is 0 Å². The Bertz CT molecular complexity index is 312. The molecule has 0 heterocycles. The number of halogens is 2. The highest BCUT2D eigenvalue weighted by atomic mass is 79.9. The number of benzene rings is 1. The van der Waals surface area contributed by atoms with Crippen molar-refractivity contribution in [3.05, 3.63) is 46.7 Å². The van der Waals surface area contributed by atoms with Crippen LogP contribution < -0.4 is 0 Å². The van der Waals surface area contributed by atoms with Gasteiger partial charge >= 0.3 is 0 Å². The molecule has 0 fully saturated rings. The van der Waals surface area contributed by atoms with Gasteiger partial charge in [0.15, 0.2) is 0 Å². The van der Waals surface area contributed by atoms with E-state index in [9.17, 15) is 9.50 Å². The fourth-order valence-corrected chi connectivity index (χ4v) is 1.59. The lowest BCUT2D eigenvalue weighted by Crippen LogP contribution is -1.98. The molecule has 0 aliphatic heterocycles. The molecule has 0 aliphatic carbocycles. The maximum Gasteiger partial charge on any atom is 0.137 e. The highest BCUT2D eigenvalue weighted by Gasteiger charge is 2.11. The molecule has 0 saturated carbocycles. The van der Waals surface area contributed by atoms with Crippen molar-refractivity contribution in [1.29, 1.82) is 0 Å². The minimum Gasteiger partial charge on any atom is -0.388 e. The van der Waals surface area contributed by atoms with Crippen LogP contribution in [0.5, 0.6) is 0 Å². The van der Waals surface area contributed by atoms with E-state index in [0.717, 1.165) is 0 Å². The van der Waals surface area contributed by atoms with Crippen molar-refractivity contribution in [3.8, 4) is 0 Å². The zero-order valence-corrected chi connectivity index (χ0v) is 8.59. The number of hydrogen-bond donors (Lipinski definition) is 1. The highest BCUT2D eigenvalue weighted by molar-refractivity contribution is 9.10. The van der Waals surface area contributed by atoms with Crippen LogP contribution in [0, 0.1) is 5.82 Å². The summed E-state index contributed by atoms with van der Waals surface area (Å²) in [6.45, 7) is 3.51. The Morgan fingerprint density at radius 3 is 2.92 bits per heavy atom. The molecule has 1 unspecified atom stereocenters. The van der Waals surface area contributed by atoms with E-state index in [1.807, 2.05) is 0 Å². The molecule has 0 spiro atoms. The predicted octanol–water partition coefficient (Wildman–Crippen LogP) is 3.20. The van der Waals surface area contributed by atoms with Crippen molar-refractivity contribution >= 4 is 15.9 Å². The second kappa shape index (κ2) is 4.53. The van der Waals surface area contributed by atoms with Crippen LogP contribution in [0.4, 0.5) is 4.39 Å². The van der Waals surface area contributed by atoms with Crippen LogP contribution in [0.1, 0.15) is 18.1 Å². The molecule has 1 aromatic rings. The fourth-order valence-electron chi connectivity index (χ4n) is 1.06. The van der Waals surface area contributed by atoms with Gasteiger partial charge in [-0.05, 0) is 34.0 Å². The molecule has 70 valence electrons. The molecule has 3 heteroatoms.